The lowest BCUT2D eigenvalue weighted by atomic mass is 10.2. The van der Waals surface area contributed by atoms with Gasteiger partial charge in [-0.05, 0) is 30.1 Å². The SMILES string of the molecule is O=C(Nc1ccccc1)c1cc(OCCNC2CCCC2)no1. The Labute approximate surface area is 135 Å². The normalized spacial score (nSPS) is 14.8. The molecule has 1 heterocycles. The Morgan fingerprint density at radius 3 is 2.83 bits per heavy atom. The van der Waals surface area contributed by atoms with Crippen LogP contribution in [-0.2, 0) is 0 Å². The first-order valence-corrected chi connectivity index (χ1v) is 8.00. The first-order chi connectivity index (χ1) is 11.3. The lowest BCUT2D eigenvalue weighted by molar-refractivity contribution is 0.0987. The molecule has 0 bridgehead atoms. The minimum atomic E-state index is -0.345. The summed E-state index contributed by atoms with van der Waals surface area (Å²) in [7, 11) is 0. The molecule has 1 fully saturated rings. The average molecular weight is 315 g/mol. The Balaban J connectivity index is 1.43. The average Bonchev–Trinajstić information content (AvgIpc) is 3.24. The van der Waals surface area contributed by atoms with Crippen LogP contribution in [0, 0.1) is 0 Å². The molecule has 122 valence electrons. The van der Waals surface area contributed by atoms with Gasteiger partial charge in [0.2, 0.25) is 5.76 Å². The number of aromatic nitrogens is 1. The Bertz CT molecular complexity index is 621. The molecule has 0 spiro atoms. The monoisotopic (exact) mass is 315 g/mol. The summed E-state index contributed by atoms with van der Waals surface area (Å²) in [5.74, 6) is 0.117. The minimum Gasteiger partial charge on any atom is -0.474 e. The largest absolute Gasteiger partial charge is 0.474 e. The molecule has 1 aliphatic carbocycles. The van der Waals surface area contributed by atoms with Gasteiger partial charge in [0.25, 0.3) is 11.8 Å². The van der Waals surface area contributed by atoms with Gasteiger partial charge < -0.3 is 19.9 Å². The summed E-state index contributed by atoms with van der Waals surface area (Å²) in [4.78, 5) is 12.0. The quantitative estimate of drug-likeness (QED) is 0.768. The second-order valence-electron chi connectivity index (χ2n) is 5.63. The highest BCUT2D eigenvalue weighted by Crippen LogP contribution is 2.17. The smallest absolute Gasteiger partial charge is 0.294 e. The number of hydrogen-bond acceptors (Lipinski definition) is 5. The second kappa shape index (κ2) is 7.78. The standard InChI is InChI=1S/C17H21N3O3/c21-17(19-14-8-2-1-3-9-14)15-12-16(20-23-15)22-11-10-18-13-6-4-5-7-13/h1-3,8-9,12-13,18H,4-7,10-11H2,(H,19,21). The van der Waals surface area contributed by atoms with Crippen molar-refractivity contribution in [2.24, 2.45) is 0 Å². The topological polar surface area (TPSA) is 76.4 Å². The molecule has 6 nitrogen and oxygen atoms in total. The molecule has 2 aromatic rings. The van der Waals surface area contributed by atoms with Crippen LogP contribution in [0.15, 0.2) is 40.9 Å². The van der Waals surface area contributed by atoms with Gasteiger partial charge >= 0.3 is 0 Å². The number of carbonyl (C=O) groups is 1. The van der Waals surface area contributed by atoms with Gasteiger partial charge in [0.05, 0.1) is 6.07 Å². The predicted octanol–water partition coefficient (Wildman–Crippen LogP) is 2.84. The highest BCUT2D eigenvalue weighted by Gasteiger charge is 2.15. The van der Waals surface area contributed by atoms with E-state index in [0.29, 0.717) is 24.2 Å². The zero-order chi connectivity index (χ0) is 15.9. The molecule has 1 aromatic carbocycles. The van der Waals surface area contributed by atoms with E-state index in [-0.39, 0.29) is 11.7 Å². The lowest BCUT2D eigenvalue weighted by Crippen LogP contribution is -2.30. The summed E-state index contributed by atoms with van der Waals surface area (Å²) in [5, 5.41) is 9.95. The summed E-state index contributed by atoms with van der Waals surface area (Å²) in [6.07, 6.45) is 5.10. The van der Waals surface area contributed by atoms with Crippen LogP contribution in [0.4, 0.5) is 5.69 Å². The number of carbonyl (C=O) groups excluding carboxylic acids is 1. The number of anilines is 1. The molecule has 1 saturated carbocycles. The summed E-state index contributed by atoms with van der Waals surface area (Å²) in [6, 6.07) is 11.3. The van der Waals surface area contributed by atoms with Gasteiger partial charge in [-0.3, -0.25) is 4.79 Å². The molecule has 2 N–H and O–H groups in total. The first-order valence-electron chi connectivity index (χ1n) is 8.00. The molecule has 0 saturated heterocycles. The van der Waals surface area contributed by atoms with Crippen LogP contribution in [0.5, 0.6) is 5.88 Å². The summed E-state index contributed by atoms with van der Waals surface area (Å²) in [6.45, 7) is 1.27. The van der Waals surface area contributed by atoms with E-state index in [9.17, 15) is 4.79 Å². The highest BCUT2D eigenvalue weighted by molar-refractivity contribution is 6.02. The molecule has 0 radical (unpaired) electrons. The predicted molar refractivity (Wildman–Crippen MR) is 86.7 cm³/mol. The van der Waals surface area contributed by atoms with Gasteiger partial charge in [-0.25, -0.2) is 0 Å². The van der Waals surface area contributed by atoms with E-state index in [1.54, 1.807) is 12.1 Å². The van der Waals surface area contributed by atoms with Gasteiger partial charge in [-0.15, -0.1) is 0 Å². The molecule has 0 atom stereocenters. The van der Waals surface area contributed by atoms with Crippen LogP contribution in [0.3, 0.4) is 0 Å². The third-order valence-corrected chi connectivity index (χ3v) is 3.88. The fourth-order valence-corrected chi connectivity index (χ4v) is 2.70. The Hall–Kier alpha value is -2.34. The van der Waals surface area contributed by atoms with Crippen LogP contribution in [0.25, 0.3) is 0 Å². The van der Waals surface area contributed by atoms with Crippen LogP contribution in [-0.4, -0.2) is 30.3 Å². The number of amides is 1. The fraction of sp³-hybridized carbons (Fsp3) is 0.412. The number of nitrogens with one attached hydrogen (secondary N) is 2. The molecule has 0 aliphatic heterocycles. The van der Waals surface area contributed by atoms with Gasteiger partial charge in [0, 0.05) is 18.3 Å². The van der Waals surface area contributed by atoms with Crippen molar-refractivity contribution < 1.29 is 14.1 Å². The molecule has 6 heteroatoms. The van der Waals surface area contributed by atoms with Crippen molar-refractivity contribution in [3.05, 3.63) is 42.2 Å². The Morgan fingerprint density at radius 2 is 2.04 bits per heavy atom. The molecule has 0 unspecified atom stereocenters. The van der Waals surface area contributed by atoms with Crippen LogP contribution in [0.2, 0.25) is 0 Å². The molecule has 3 rings (SSSR count). The van der Waals surface area contributed by atoms with Crippen molar-refractivity contribution in [1.82, 2.24) is 10.5 Å². The number of rotatable bonds is 7. The van der Waals surface area contributed by atoms with Crippen molar-refractivity contribution >= 4 is 11.6 Å². The zero-order valence-electron chi connectivity index (χ0n) is 13.0. The molecule has 1 amide bonds. The first kappa shape index (κ1) is 15.6. The third kappa shape index (κ3) is 4.56. The summed E-state index contributed by atoms with van der Waals surface area (Å²) >= 11 is 0. The van der Waals surface area contributed by atoms with Crippen molar-refractivity contribution in [3.63, 3.8) is 0 Å². The summed E-state index contributed by atoms with van der Waals surface area (Å²) < 4.78 is 10.5. The number of hydrogen-bond donors (Lipinski definition) is 2. The van der Waals surface area contributed by atoms with E-state index in [0.717, 1.165) is 6.54 Å². The maximum atomic E-state index is 12.0. The van der Waals surface area contributed by atoms with E-state index in [1.807, 2.05) is 18.2 Å². The van der Waals surface area contributed by atoms with Crippen LogP contribution >= 0.6 is 0 Å². The number of benzene rings is 1. The molecular formula is C17H21N3O3. The molecule has 1 aromatic heterocycles. The molecular weight excluding hydrogens is 294 g/mol. The second-order valence-corrected chi connectivity index (χ2v) is 5.63. The van der Waals surface area contributed by atoms with E-state index >= 15 is 0 Å². The van der Waals surface area contributed by atoms with E-state index in [2.05, 4.69) is 15.8 Å². The van der Waals surface area contributed by atoms with E-state index < -0.39 is 0 Å². The third-order valence-electron chi connectivity index (χ3n) is 3.88. The Morgan fingerprint density at radius 1 is 1.26 bits per heavy atom. The highest BCUT2D eigenvalue weighted by atomic mass is 16.5. The van der Waals surface area contributed by atoms with Crippen molar-refractivity contribution in [2.75, 3.05) is 18.5 Å². The van der Waals surface area contributed by atoms with Crippen molar-refractivity contribution in [2.45, 2.75) is 31.7 Å². The summed E-state index contributed by atoms with van der Waals surface area (Å²) in [5.41, 5.74) is 0.706. The Kier molecular flexibility index (Phi) is 5.26. The van der Waals surface area contributed by atoms with E-state index in [1.165, 1.54) is 31.7 Å². The van der Waals surface area contributed by atoms with E-state index in [4.69, 9.17) is 9.26 Å². The zero-order valence-corrected chi connectivity index (χ0v) is 13.0. The molecule has 1 aliphatic rings. The number of para-hydroxylation sites is 1. The van der Waals surface area contributed by atoms with Crippen LogP contribution in [0.1, 0.15) is 36.2 Å². The molecule has 23 heavy (non-hydrogen) atoms. The van der Waals surface area contributed by atoms with Crippen molar-refractivity contribution in [3.8, 4) is 5.88 Å². The maximum Gasteiger partial charge on any atom is 0.294 e. The maximum absolute atomic E-state index is 12.0. The number of nitrogens with zero attached hydrogens (tertiary/aromatic N) is 1. The van der Waals surface area contributed by atoms with Crippen molar-refractivity contribution in [1.29, 1.82) is 0 Å². The number of ether oxygens (including phenoxy) is 1. The van der Waals surface area contributed by atoms with Crippen LogP contribution < -0.4 is 15.4 Å². The minimum absolute atomic E-state index is 0.132. The van der Waals surface area contributed by atoms with Gasteiger partial charge in [-0.2, -0.15) is 0 Å². The van der Waals surface area contributed by atoms with Gasteiger partial charge in [0.1, 0.15) is 6.61 Å². The van der Waals surface area contributed by atoms with Gasteiger partial charge in [0.15, 0.2) is 0 Å². The van der Waals surface area contributed by atoms with Gasteiger partial charge in [-0.1, -0.05) is 31.0 Å². The fourth-order valence-electron chi connectivity index (χ4n) is 2.70. The lowest BCUT2D eigenvalue weighted by Gasteiger charge is -2.10.